The van der Waals surface area contributed by atoms with E-state index in [1.54, 1.807) is 0 Å². The largest absolute Gasteiger partial charge is 0.310 e. The quantitative estimate of drug-likeness (QED) is 0.163. The minimum atomic E-state index is -2.70. The van der Waals surface area contributed by atoms with Gasteiger partial charge in [-0.3, -0.25) is 0 Å². The van der Waals surface area contributed by atoms with Gasteiger partial charge < -0.3 is 4.90 Å². The molecule has 0 radical (unpaired) electrons. The third kappa shape index (κ3) is 4.70. The molecule has 0 unspecified atom stereocenters. The van der Waals surface area contributed by atoms with Gasteiger partial charge in [0.25, 0.3) is 0 Å². The van der Waals surface area contributed by atoms with E-state index in [2.05, 4.69) is 241 Å². The van der Waals surface area contributed by atoms with E-state index in [4.69, 9.17) is 0 Å². The summed E-state index contributed by atoms with van der Waals surface area (Å²) in [4.78, 5) is 5.19. The summed E-state index contributed by atoms with van der Waals surface area (Å²) in [6.07, 6.45) is 0. The van der Waals surface area contributed by atoms with Crippen molar-refractivity contribution in [3.05, 3.63) is 259 Å². The van der Waals surface area contributed by atoms with Crippen molar-refractivity contribution in [2.45, 2.75) is 15.2 Å². The minimum Gasteiger partial charge on any atom is -0.310 e. The molecule has 0 amide bonds. The number of nitrogens with zero attached hydrogens (tertiary/aromatic N) is 1. The lowest BCUT2D eigenvalue weighted by Crippen LogP contribution is -2.70. The van der Waals surface area contributed by atoms with Crippen LogP contribution in [-0.2, 0) is 5.41 Å². The van der Waals surface area contributed by atoms with Crippen molar-refractivity contribution >= 4 is 57.6 Å². The Morgan fingerprint density at radius 3 is 1.23 bits per heavy atom. The Bertz CT molecular complexity index is 3350. The molecule has 0 atom stereocenters. The summed E-state index contributed by atoms with van der Waals surface area (Å²) in [5.41, 5.74) is 18.5. The summed E-state index contributed by atoms with van der Waals surface area (Å²) in [5, 5.41) is 5.95. The smallest absolute Gasteiger partial charge is 0.182 e. The third-order valence-corrected chi connectivity index (χ3v) is 20.6. The monoisotopic (exact) mass is 845 g/mol. The van der Waals surface area contributed by atoms with Crippen molar-refractivity contribution < 1.29 is 0 Å². The zero-order valence-corrected chi connectivity index (χ0v) is 36.7. The maximum absolute atomic E-state index is 2.70. The third-order valence-electron chi connectivity index (χ3n) is 14.5. The first-order valence-electron chi connectivity index (χ1n) is 22.3. The van der Waals surface area contributed by atoms with Gasteiger partial charge in [0.2, 0.25) is 0 Å². The maximum Gasteiger partial charge on any atom is 0.182 e. The maximum atomic E-state index is 2.60. The predicted molar refractivity (Wildman–Crippen MR) is 270 cm³/mol. The van der Waals surface area contributed by atoms with Crippen LogP contribution in [-0.4, -0.2) is 8.07 Å². The summed E-state index contributed by atoms with van der Waals surface area (Å²) in [7, 11) is -2.70. The fraction of sp³-hybridized carbons (Fsp3) is 0.0164. The second-order valence-electron chi connectivity index (χ2n) is 17.5. The predicted octanol–water partition coefficient (Wildman–Crippen LogP) is 13.0. The fourth-order valence-corrected chi connectivity index (χ4v) is 18.9. The number of hydrogen-bond donors (Lipinski definition) is 0. The molecule has 0 saturated carbocycles. The summed E-state index contributed by atoms with van der Waals surface area (Å²) in [6, 6.07) is 89.9. The van der Waals surface area contributed by atoms with Crippen LogP contribution < -0.4 is 25.6 Å². The highest BCUT2D eigenvalue weighted by atomic mass is 32.2. The lowest BCUT2D eigenvalue weighted by atomic mass is 9.61. The summed E-state index contributed by atoms with van der Waals surface area (Å²) >= 11 is 1.90. The van der Waals surface area contributed by atoms with E-state index in [0.29, 0.717) is 0 Å². The first-order chi connectivity index (χ1) is 31.7. The molecule has 10 aromatic rings. The van der Waals surface area contributed by atoms with Gasteiger partial charge in [0.15, 0.2) is 8.07 Å². The Balaban J connectivity index is 1.11. The van der Waals surface area contributed by atoms with E-state index in [1.807, 2.05) is 11.8 Å². The average Bonchev–Trinajstić information content (AvgIpc) is 3.84. The van der Waals surface area contributed by atoms with E-state index in [-0.39, 0.29) is 0 Å². The van der Waals surface area contributed by atoms with Crippen LogP contribution in [0.1, 0.15) is 22.3 Å². The molecule has 0 aliphatic carbocycles. The molecule has 0 aromatic heterocycles. The zero-order valence-electron chi connectivity index (χ0n) is 34.9. The van der Waals surface area contributed by atoms with Crippen LogP contribution in [0.3, 0.4) is 0 Å². The highest BCUT2D eigenvalue weighted by molar-refractivity contribution is 7.99. The lowest BCUT2D eigenvalue weighted by Gasteiger charge is -2.49. The van der Waals surface area contributed by atoms with Crippen LogP contribution in [0.4, 0.5) is 17.1 Å². The Morgan fingerprint density at radius 1 is 0.312 bits per heavy atom. The SMILES string of the molecule is c1ccc(-c2ccc3c(c2)C2(c4ccccc4Sc4ccccc42)c2cc(-c4ccccc4)ccc2N3c2ccc3c(c2)[Si]2(c4ccccc4-c4ccccc42)c2ccccc2-3)cc1. The number of rotatable bonds is 3. The topological polar surface area (TPSA) is 3.24 Å². The standard InChI is InChI=1S/C61H39NSSi/c1-3-17-40(18-4-1)42-31-35-53-51(37-42)61(49-24-10-12-26-55(49)63-56-27-13-11-25-50(56)61)52-38-43(41-19-5-2-6-20-41)32-36-54(52)62(53)44-33-34-48-47-23-9-16-30-59(47)64(60(48)39-44)57-28-14-7-21-45(57)46-22-8-15-29-58(46)64/h1-39H. The van der Waals surface area contributed by atoms with Gasteiger partial charge in [-0.1, -0.05) is 200 Å². The van der Waals surface area contributed by atoms with Crippen molar-refractivity contribution in [3.8, 4) is 44.5 Å². The van der Waals surface area contributed by atoms with Crippen LogP contribution in [0, 0.1) is 0 Å². The van der Waals surface area contributed by atoms with Crippen molar-refractivity contribution in [2.24, 2.45) is 0 Å². The van der Waals surface area contributed by atoms with Gasteiger partial charge >= 0.3 is 0 Å². The molecule has 0 N–H and O–H groups in total. The van der Waals surface area contributed by atoms with E-state index in [1.165, 1.54) is 114 Å². The molecule has 0 saturated heterocycles. The van der Waals surface area contributed by atoms with Gasteiger partial charge in [-0.05, 0) is 136 Å². The molecule has 10 aromatic carbocycles. The molecular formula is C61H39NSSi. The minimum absolute atomic E-state index is 0.610. The molecule has 4 aliphatic heterocycles. The van der Waals surface area contributed by atoms with Gasteiger partial charge in [0.05, 0.1) is 16.8 Å². The number of benzene rings is 10. The summed E-state index contributed by atoms with van der Waals surface area (Å²) < 4.78 is 0. The van der Waals surface area contributed by atoms with Gasteiger partial charge in [-0.2, -0.15) is 0 Å². The van der Waals surface area contributed by atoms with Crippen LogP contribution in [0.5, 0.6) is 0 Å². The van der Waals surface area contributed by atoms with E-state index >= 15 is 0 Å². The molecule has 14 rings (SSSR count). The normalized spacial score (nSPS) is 14.7. The molecule has 64 heavy (non-hydrogen) atoms. The molecule has 1 nitrogen and oxygen atoms in total. The van der Waals surface area contributed by atoms with Gasteiger partial charge in [-0.25, -0.2) is 0 Å². The van der Waals surface area contributed by atoms with Gasteiger partial charge in [0.1, 0.15) is 0 Å². The highest BCUT2D eigenvalue weighted by Gasteiger charge is 2.55. The van der Waals surface area contributed by atoms with E-state index < -0.39 is 13.5 Å². The summed E-state index contributed by atoms with van der Waals surface area (Å²) in [6.45, 7) is 0. The Hall–Kier alpha value is -7.43. The number of fused-ring (bicyclic) bond motifs is 18. The van der Waals surface area contributed by atoms with Crippen LogP contribution in [0.2, 0.25) is 0 Å². The Kier molecular flexibility index (Phi) is 7.63. The number of hydrogen-bond acceptors (Lipinski definition) is 2. The fourth-order valence-electron chi connectivity index (χ4n) is 12.0. The van der Waals surface area contributed by atoms with Crippen LogP contribution in [0.25, 0.3) is 44.5 Å². The van der Waals surface area contributed by atoms with E-state index in [9.17, 15) is 0 Å². The lowest BCUT2D eigenvalue weighted by molar-refractivity contribution is 0.692. The van der Waals surface area contributed by atoms with Crippen molar-refractivity contribution in [1.82, 2.24) is 0 Å². The molecule has 2 spiro atoms. The molecule has 4 aliphatic rings. The molecule has 0 fully saturated rings. The molecule has 298 valence electrons. The second kappa shape index (κ2) is 13.5. The molecule has 3 heteroatoms. The Morgan fingerprint density at radius 2 is 0.734 bits per heavy atom. The van der Waals surface area contributed by atoms with Crippen LogP contribution >= 0.6 is 11.8 Å². The van der Waals surface area contributed by atoms with Crippen molar-refractivity contribution in [2.75, 3.05) is 4.90 Å². The second-order valence-corrected chi connectivity index (χ2v) is 22.2. The zero-order chi connectivity index (χ0) is 42.0. The molecule has 4 heterocycles. The number of anilines is 3. The molecule has 0 bridgehead atoms. The first kappa shape index (κ1) is 36.1. The van der Waals surface area contributed by atoms with Crippen molar-refractivity contribution in [3.63, 3.8) is 0 Å². The highest BCUT2D eigenvalue weighted by Crippen LogP contribution is 2.63. The van der Waals surface area contributed by atoms with E-state index in [0.717, 1.165) is 0 Å². The average molecular weight is 846 g/mol. The summed E-state index contributed by atoms with van der Waals surface area (Å²) in [5.74, 6) is 0. The van der Waals surface area contributed by atoms with Crippen LogP contribution in [0.15, 0.2) is 246 Å². The molecular weight excluding hydrogens is 807 g/mol. The first-order valence-corrected chi connectivity index (χ1v) is 25.1. The van der Waals surface area contributed by atoms with Gasteiger partial charge in [0, 0.05) is 15.5 Å². The van der Waals surface area contributed by atoms with Crippen molar-refractivity contribution in [1.29, 1.82) is 0 Å². The van der Waals surface area contributed by atoms with Gasteiger partial charge in [-0.15, -0.1) is 0 Å². The Labute approximate surface area is 379 Å².